The molecule has 1 aliphatic rings. The molecule has 2 N–H and O–H groups in total. The van der Waals surface area contributed by atoms with E-state index in [-0.39, 0.29) is 11.9 Å². The van der Waals surface area contributed by atoms with E-state index in [0.29, 0.717) is 24.3 Å². The Hall–Kier alpha value is -2.29. The summed E-state index contributed by atoms with van der Waals surface area (Å²) in [6, 6.07) is 14.7. The highest BCUT2D eigenvalue weighted by molar-refractivity contribution is 7.71. The van der Waals surface area contributed by atoms with Gasteiger partial charge < -0.3 is 5.32 Å². The van der Waals surface area contributed by atoms with Crippen LogP contribution < -0.4 is 5.32 Å². The second kappa shape index (κ2) is 9.47. The van der Waals surface area contributed by atoms with E-state index in [0.717, 1.165) is 23.8 Å². The van der Waals surface area contributed by atoms with Gasteiger partial charge in [0.2, 0.25) is 5.91 Å². The zero-order chi connectivity index (χ0) is 20.1. The minimum atomic E-state index is 0.0327. The van der Waals surface area contributed by atoms with Crippen LogP contribution in [0.15, 0.2) is 47.8 Å². The van der Waals surface area contributed by atoms with Gasteiger partial charge in [-0.3, -0.25) is 19.4 Å². The molecule has 1 atom stereocenters. The summed E-state index contributed by atoms with van der Waals surface area (Å²) in [7, 11) is 0. The lowest BCUT2D eigenvalue weighted by Crippen LogP contribution is -2.37. The number of nitrogens with zero attached hydrogens (tertiary/aromatic N) is 3. The van der Waals surface area contributed by atoms with Gasteiger partial charge in [-0.25, -0.2) is 0 Å². The number of amides is 1. The van der Waals surface area contributed by atoms with Crippen molar-refractivity contribution in [3.8, 4) is 10.7 Å². The van der Waals surface area contributed by atoms with Gasteiger partial charge in [-0.15, -0.1) is 11.3 Å². The van der Waals surface area contributed by atoms with Crippen molar-refractivity contribution >= 4 is 29.5 Å². The Labute approximate surface area is 179 Å². The molecule has 4 rings (SSSR count). The number of carbonyl (C=O) groups excluding carboxylic acids is 1. The van der Waals surface area contributed by atoms with Crippen LogP contribution in [0.25, 0.3) is 10.7 Å². The summed E-state index contributed by atoms with van der Waals surface area (Å²) < 4.78 is 2.44. The van der Waals surface area contributed by atoms with Crippen LogP contribution >= 0.6 is 23.6 Å². The molecule has 1 fully saturated rings. The van der Waals surface area contributed by atoms with Gasteiger partial charge in [0.1, 0.15) is 0 Å². The molecule has 0 saturated carbocycles. The maximum Gasteiger partial charge on any atom is 0.221 e. The Morgan fingerprint density at radius 2 is 2.00 bits per heavy atom. The number of benzene rings is 1. The summed E-state index contributed by atoms with van der Waals surface area (Å²) in [4.78, 5) is 16.1. The van der Waals surface area contributed by atoms with Crippen molar-refractivity contribution in [1.29, 1.82) is 0 Å². The number of aromatic nitrogens is 3. The van der Waals surface area contributed by atoms with E-state index in [1.807, 2.05) is 28.1 Å². The summed E-state index contributed by atoms with van der Waals surface area (Å²) in [5.74, 6) is 0.822. The lowest BCUT2D eigenvalue weighted by atomic mass is 10.1. The molecule has 1 saturated heterocycles. The maximum absolute atomic E-state index is 12.6. The second-order valence-corrected chi connectivity index (χ2v) is 8.54. The molecule has 3 aromatic rings. The van der Waals surface area contributed by atoms with Crippen LogP contribution in [0.5, 0.6) is 0 Å². The van der Waals surface area contributed by atoms with Crippen LogP contribution in [0.3, 0.4) is 0 Å². The molecule has 29 heavy (non-hydrogen) atoms. The minimum absolute atomic E-state index is 0.0327. The molecule has 0 aliphatic carbocycles. The van der Waals surface area contributed by atoms with Crippen molar-refractivity contribution in [1.82, 2.24) is 25.0 Å². The van der Waals surface area contributed by atoms with Crippen molar-refractivity contribution < 1.29 is 4.79 Å². The molecular weight excluding hydrogens is 402 g/mol. The van der Waals surface area contributed by atoms with Crippen molar-refractivity contribution in [2.24, 2.45) is 0 Å². The molecule has 1 aromatic carbocycles. The van der Waals surface area contributed by atoms with Crippen LogP contribution in [0, 0.1) is 4.77 Å². The SMILES string of the molecule is O=C(CCn1c(-c2cccs2)n[nH]c1=S)NCC(c1ccccc1)N1CCCC1. The highest BCUT2D eigenvalue weighted by Gasteiger charge is 2.23. The molecule has 3 heterocycles. The molecule has 1 aliphatic heterocycles. The molecule has 8 heteroatoms. The van der Waals surface area contributed by atoms with Gasteiger partial charge in [-0.2, -0.15) is 5.10 Å². The number of H-pyrrole nitrogens is 1. The number of hydrogen-bond acceptors (Lipinski definition) is 5. The number of aromatic amines is 1. The predicted molar refractivity (Wildman–Crippen MR) is 118 cm³/mol. The molecule has 0 bridgehead atoms. The molecule has 152 valence electrons. The van der Waals surface area contributed by atoms with Crippen molar-refractivity contribution in [3.05, 3.63) is 58.2 Å². The minimum Gasteiger partial charge on any atom is -0.354 e. The quantitative estimate of drug-likeness (QED) is 0.533. The second-order valence-electron chi connectivity index (χ2n) is 7.20. The van der Waals surface area contributed by atoms with Crippen LogP contribution in [0.4, 0.5) is 0 Å². The van der Waals surface area contributed by atoms with E-state index in [1.54, 1.807) is 11.3 Å². The Morgan fingerprint density at radius 3 is 2.72 bits per heavy atom. The number of thiophene rings is 1. The molecule has 1 unspecified atom stereocenters. The van der Waals surface area contributed by atoms with Gasteiger partial charge in [0, 0.05) is 19.5 Å². The van der Waals surface area contributed by atoms with Crippen molar-refractivity contribution in [3.63, 3.8) is 0 Å². The van der Waals surface area contributed by atoms with Crippen LogP contribution in [0.1, 0.15) is 30.9 Å². The first-order valence-corrected chi connectivity index (χ1v) is 11.3. The largest absolute Gasteiger partial charge is 0.354 e. The zero-order valence-electron chi connectivity index (χ0n) is 16.2. The number of hydrogen-bond donors (Lipinski definition) is 2. The Bertz CT molecular complexity index is 974. The molecule has 2 aromatic heterocycles. The van der Waals surface area contributed by atoms with Gasteiger partial charge in [0.25, 0.3) is 0 Å². The number of carbonyl (C=O) groups is 1. The fourth-order valence-corrected chi connectivity index (χ4v) is 4.76. The molecule has 6 nitrogen and oxygen atoms in total. The van der Waals surface area contributed by atoms with Crippen LogP contribution in [-0.4, -0.2) is 45.2 Å². The first-order chi connectivity index (χ1) is 14.2. The van der Waals surface area contributed by atoms with Gasteiger partial charge in [-0.05, 0) is 55.2 Å². The summed E-state index contributed by atoms with van der Waals surface area (Å²) in [5.41, 5.74) is 1.26. The maximum atomic E-state index is 12.6. The van der Waals surface area contributed by atoms with Gasteiger partial charge >= 0.3 is 0 Å². The molecule has 0 spiro atoms. The standard InChI is InChI=1S/C21H25N5OS2/c27-19(10-13-26-20(23-24-21(26)28)18-9-6-14-29-18)22-15-17(25-11-4-5-12-25)16-7-2-1-3-8-16/h1-3,6-9,14,17H,4-5,10-13,15H2,(H,22,27)(H,24,28). The first-order valence-electron chi connectivity index (χ1n) is 9.97. The number of rotatable bonds is 8. The molecule has 1 amide bonds. The summed E-state index contributed by atoms with van der Waals surface area (Å²) in [5, 5.41) is 12.3. The average Bonchev–Trinajstić information content (AvgIpc) is 3.50. The Kier molecular flexibility index (Phi) is 6.53. The third-order valence-electron chi connectivity index (χ3n) is 5.32. The van der Waals surface area contributed by atoms with Crippen LogP contribution in [0.2, 0.25) is 0 Å². The lowest BCUT2D eigenvalue weighted by molar-refractivity contribution is -0.121. The monoisotopic (exact) mass is 427 g/mol. The fraction of sp³-hybridized carbons (Fsp3) is 0.381. The molecular formula is C21H25N5OS2. The van der Waals surface area contributed by atoms with E-state index in [2.05, 4.69) is 44.7 Å². The third kappa shape index (κ3) is 4.83. The Balaban J connectivity index is 1.37. The summed E-state index contributed by atoms with van der Waals surface area (Å²) >= 11 is 6.96. The smallest absolute Gasteiger partial charge is 0.221 e. The predicted octanol–water partition coefficient (Wildman–Crippen LogP) is 4.01. The van der Waals surface area contributed by atoms with Gasteiger partial charge in [0.15, 0.2) is 10.6 Å². The number of nitrogens with one attached hydrogen (secondary N) is 2. The van der Waals surface area contributed by atoms with E-state index in [9.17, 15) is 4.79 Å². The normalized spacial score (nSPS) is 15.4. The highest BCUT2D eigenvalue weighted by atomic mass is 32.1. The lowest BCUT2D eigenvalue weighted by Gasteiger charge is -2.28. The topological polar surface area (TPSA) is 66.0 Å². The summed E-state index contributed by atoms with van der Waals surface area (Å²) in [6.07, 6.45) is 2.82. The van der Waals surface area contributed by atoms with E-state index in [1.165, 1.54) is 18.4 Å². The van der Waals surface area contributed by atoms with E-state index < -0.39 is 0 Å². The van der Waals surface area contributed by atoms with Crippen LogP contribution in [-0.2, 0) is 11.3 Å². The summed E-state index contributed by atoms with van der Waals surface area (Å²) in [6.45, 7) is 3.30. The van der Waals surface area contributed by atoms with Crippen molar-refractivity contribution in [2.45, 2.75) is 31.8 Å². The van der Waals surface area contributed by atoms with Crippen molar-refractivity contribution in [2.75, 3.05) is 19.6 Å². The Morgan fingerprint density at radius 1 is 1.21 bits per heavy atom. The first kappa shape index (κ1) is 20.0. The third-order valence-corrected chi connectivity index (χ3v) is 6.50. The average molecular weight is 428 g/mol. The number of likely N-dealkylation sites (tertiary alicyclic amines) is 1. The fourth-order valence-electron chi connectivity index (χ4n) is 3.82. The van der Waals surface area contributed by atoms with E-state index >= 15 is 0 Å². The van der Waals surface area contributed by atoms with E-state index in [4.69, 9.17) is 12.2 Å². The van der Waals surface area contributed by atoms with Gasteiger partial charge in [0.05, 0.1) is 10.9 Å². The molecule has 0 radical (unpaired) electrons. The van der Waals surface area contributed by atoms with Gasteiger partial charge in [-0.1, -0.05) is 36.4 Å². The zero-order valence-corrected chi connectivity index (χ0v) is 17.8. The highest BCUT2D eigenvalue weighted by Crippen LogP contribution is 2.25.